The molecule has 4 rings (SSSR count). The third kappa shape index (κ3) is 4.13. The molecule has 2 aliphatic rings. The Balaban J connectivity index is 1.74. The SMILES string of the molecule is Cc1c(N[C@@H]2CCCN(C)C2)nnc(-c2ccc(C(F)(F)F)c3c2NS(=O)(=O)N3)c1C. The number of hydrogen-bond acceptors (Lipinski definition) is 6. The van der Waals surface area contributed by atoms with Gasteiger partial charge in [-0.15, -0.1) is 10.2 Å². The van der Waals surface area contributed by atoms with E-state index in [9.17, 15) is 21.6 Å². The van der Waals surface area contributed by atoms with Gasteiger partial charge in [0.2, 0.25) is 0 Å². The van der Waals surface area contributed by atoms with Gasteiger partial charge >= 0.3 is 16.4 Å². The molecule has 0 radical (unpaired) electrons. The summed E-state index contributed by atoms with van der Waals surface area (Å²) < 4.78 is 68.1. The van der Waals surface area contributed by atoms with Crippen LogP contribution in [0.3, 0.4) is 0 Å². The molecule has 1 aromatic heterocycles. The van der Waals surface area contributed by atoms with Crippen molar-refractivity contribution in [1.29, 1.82) is 0 Å². The summed E-state index contributed by atoms with van der Waals surface area (Å²) >= 11 is 0. The molecule has 0 amide bonds. The van der Waals surface area contributed by atoms with E-state index in [-0.39, 0.29) is 17.3 Å². The Bertz CT molecular complexity index is 1140. The van der Waals surface area contributed by atoms with Gasteiger partial charge in [-0.1, -0.05) is 0 Å². The van der Waals surface area contributed by atoms with Crippen molar-refractivity contribution in [2.45, 2.75) is 38.9 Å². The molecule has 0 spiro atoms. The summed E-state index contributed by atoms with van der Waals surface area (Å²) in [7, 11) is -2.08. The molecule has 0 bridgehead atoms. The molecule has 1 aromatic carbocycles. The fourth-order valence-corrected chi connectivity index (χ4v) is 5.03. The molecular weight excluding hydrogens is 433 g/mol. The second-order valence-corrected chi connectivity index (χ2v) is 9.42. The molecule has 1 atom stereocenters. The minimum Gasteiger partial charge on any atom is -0.364 e. The summed E-state index contributed by atoms with van der Waals surface area (Å²) in [4.78, 5) is 2.23. The van der Waals surface area contributed by atoms with E-state index in [0.29, 0.717) is 17.1 Å². The maximum atomic E-state index is 13.4. The molecule has 168 valence electrons. The number of aromatic nitrogens is 2. The maximum absolute atomic E-state index is 13.4. The zero-order valence-corrected chi connectivity index (χ0v) is 18.1. The number of nitrogens with zero attached hydrogens (tertiary/aromatic N) is 3. The van der Waals surface area contributed by atoms with E-state index in [0.717, 1.165) is 37.6 Å². The lowest BCUT2D eigenvalue weighted by Gasteiger charge is -2.31. The third-order valence-corrected chi connectivity index (χ3v) is 6.67. The maximum Gasteiger partial charge on any atom is 0.418 e. The second-order valence-electron chi connectivity index (χ2n) is 8.01. The number of halogens is 3. The van der Waals surface area contributed by atoms with Gasteiger partial charge in [-0.3, -0.25) is 9.44 Å². The number of anilines is 3. The molecule has 3 heterocycles. The molecule has 3 N–H and O–H groups in total. The van der Waals surface area contributed by atoms with E-state index >= 15 is 0 Å². The first-order valence-corrected chi connectivity index (χ1v) is 11.3. The highest BCUT2D eigenvalue weighted by Gasteiger charge is 2.40. The number of nitrogens with one attached hydrogen (secondary N) is 3. The summed E-state index contributed by atoms with van der Waals surface area (Å²) in [5.41, 5.74) is 0.281. The predicted molar refractivity (Wildman–Crippen MR) is 112 cm³/mol. The molecule has 12 heteroatoms. The third-order valence-electron chi connectivity index (χ3n) is 5.73. The van der Waals surface area contributed by atoms with Crippen LogP contribution in [0.1, 0.15) is 29.5 Å². The number of piperidine rings is 1. The second kappa shape index (κ2) is 7.52. The van der Waals surface area contributed by atoms with Gasteiger partial charge in [-0.05, 0) is 63.5 Å². The topological polar surface area (TPSA) is 99.2 Å². The van der Waals surface area contributed by atoms with Crippen LogP contribution in [0.5, 0.6) is 0 Å². The van der Waals surface area contributed by atoms with E-state index in [1.807, 2.05) is 11.6 Å². The smallest absolute Gasteiger partial charge is 0.364 e. The Labute approximate surface area is 178 Å². The Morgan fingerprint density at radius 2 is 1.84 bits per heavy atom. The van der Waals surface area contributed by atoms with Gasteiger partial charge in [0.1, 0.15) is 0 Å². The van der Waals surface area contributed by atoms with Gasteiger partial charge < -0.3 is 10.2 Å². The lowest BCUT2D eigenvalue weighted by atomic mass is 9.98. The fourth-order valence-electron chi connectivity index (χ4n) is 4.02. The van der Waals surface area contributed by atoms with Crippen LogP contribution in [0.25, 0.3) is 11.3 Å². The van der Waals surface area contributed by atoms with Crippen LogP contribution in [-0.4, -0.2) is 49.7 Å². The first kappa shape index (κ1) is 21.6. The van der Waals surface area contributed by atoms with Gasteiger partial charge in [0.05, 0.1) is 22.6 Å². The first-order chi connectivity index (χ1) is 14.5. The van der Waals surface area contributed by atoms with Crippen molar-refractivity contribution in [3.63, 3.8) is 0 Å². The number of rotatable bonds is 3. The molecule has 8 nitrogen and oxygen atoms in total. The van der Waals surface area contributed by atoms with E-state index < -0.39 is 27.6 Å². The van der Waals surface area contributed by atoms with Crippen molar-refractivity contribution in [2.24, 2.45) is 0 Å². The largest absolute Gasteiger partial charge is 0.418 e. The highest BCUT2D eigenvalue weighted by atomic mass is 32.2. The fraction of sp³-hybridized carbons (Fsp3) is 0.474. The summed E-state index contributed by atoms with van der Waals surface area (Å²) in [6.45, 7) is 5.57. The van der Waals surface area contributed by atoms with Crippen LogP contribution in [-0.2, 0) is 16.4 Å². The standard InChI is InChI=1S/C19H23F3N6O2S/c1-10-11(2)18(23-12-5-4-8-28(3)9-12)25-24-15(10)13-6-7-14(19(20,21)22)17-16(13)26-31(29,30)27-17/h6-7,12,26-27H,4-5,8-9H2,1-3H3,(H,23,25)/t12-/m1/s1. The monoisotopic (exact) mass is 456 g/mol. The van der Waals surface area contributed by atoms with Gasteiger partial charge in [0.25, 0.3) is 0 Å². The highest BCUT2D eigenvalue weighted by Crippen LogP contribution is 2.47. The summed E-state index contributed by atoms with van der Waals surface area (Å²) in [5.74, 6) is 0.615. The minimum absolute atomic E-state index is 0.179. The molecule has 1 fully saturated rings. The van der Waals surface area contributed by atoms with E-state index in [4.69, 9.17) is 0 Å². The van der Waals surface area contributed by atoms with Crippen molar-refractivity contribution in [1.82, 2.24) is 15.1 Å². The number of benzene rings is 1. The molecule has 0 aliphatic carbocycles. The zero-order valence-electron chi connectivity index (χ0n) is 17.3. The quantitative estimate of drug-likeness (QED) is 0.655. The van der Waals surface area contributed by atoms with Crippen molar-refractivity contribution in [3.8, 4) is 11.3 Å². The lowest BCUT2D eigenvalue weighted by molar-refractivity contribution is -0.136. The van der Waals surface area contributed by atoms with Crippen molar-refractivity contribution in [2.75, 3.05) is 34.9 Å². The van der Waals surface area contributed by atoms with Crippen LogP contribution >= 0.6 is 0 Å². The van der Waals surface area contributed by atoms with Crippen LogP contribution in [0, 0.1) is 13.8 Å². The van der Waals surface area contributed by atoms with Gasteiger partial charge in [-0.2, -0.15) is 21.6 Å². The van der Waals surface area contributed by atoms with E-state index in [2.05, 4.69) is 32.2 Å². The molecule has 1 saturated heterocycles. The van der Waals surface area contributed by atoms with Crippen LogP contribution in [0.2, 0.25) is 0 Å². The Kier molecular flexibility index (Phi) is 5.24. The van der Waals surface area contributed by atoms with Gasteiger partial charge in [0.15, 0.2) is 5.82 Å². The molecule has 2 aromatic rings. The van der Waals surface area contributed by atoms with Crippen molar-refractivity contribution < 1.29 is 21.6 Å². The van der Waals surface area contributed by atoms with Gasteiger partial charge in [0, 0.05) is 18.2 Å². The van der Waals surface area contributed by atoms with Crippen LogP contribution in [0.15, 0.2) is 12.1 Å². The van der Waals surface area contributed by atoms with Gasteiger partial charge in [-0.25, -0.2) is 0 Å². The first-order valence-electron chi connectivity index (χ1n) is 9.80. The van der Waals surface area contributed by atoms with Crippen molar-refractivity contribution >= 4 is 27.4 Å². The Morgan fingerprint density at radius 3 is 2.52 bits per heavy atom. The predicted octanol–water partition coefficient (Wildman–Crippen LogP) is 3.37. The van der Waals surface area contributed by atoms with E-state index in [1.165, 1.54) is 6.07 Å². The van der Waals surface area contributed by atoms with Crippen molar-refractivity contribution in [3.05, 3.63) is 28.8 Å². The minimum atomic E-state index is -4.71. The number of alkyl halides is 3. The number of hydrogen-bond donors (Lipinski definition) is 3. The molecule has 31 heavy (non-hydrogen) atoms. The summed E-state index contributed by atoms with van der Waals surface area (Å²) in [6, 6.07) is 2.30. The molecule has 0 saturated carbocycles. The number of likely N-dealkylation sites (N-methyl/N-ethyl adjacent to an activating group) is 1. The zero-order chi connectivity index (χ0) is 22.6. The summed E-state index contributed by atoms with van der Waals surface area (Å²) in [5, 5.41) is 11.9. The molecule has 0 unspecified atom stereocenters. The lowest BCUT2D eigenvalue weighted by Crippen LogP contribution is -2.40. The summed E-state index contributed by atoms with van der Waals surface area (Å²) in [6.07, 6.45) is -2.64. The average molecular weight is 456 g/mol. The Morgan fingerprint density at radius 1 is 1.13 bits per heavy atom. The number of likely N-dealkylation sites (tertiary alicyclic amines) is 1. The van der Waals surface area contributed by atoms with Crippen LogP contribution in [0.4, 0.5) is 30.4 Å². The average Bonchev–Trinajstić information content (AvgIpc) is 2.99. The molecule has 2 aliphatic heterocycles. The number of fused-ring (bicyclic) bond motifs is 1. The van der Waals surface area contributed by atoms with E-state index in [1.54, 1.807) is 6.92 Å². The Hall–Kier alpha value is -2.60. The molecular formula is C19H23F3N6O2S. The van der Waals surface area contributed by atoms with Crippen LogP contribution < -0.4 is 14.8 Å². The highest BCUT2D eigenvalue weighted by molar-refractivity contribution is 7.94. The normalized spacial score (nSPS) is 20.6.